The number of aryl methyl sites for hydroxylation is 2. The van der Waals surface area contributed by atoms with Gasteiger partial charge in [0, 0.05) is 19.0 Å². The third-order valence-corrected chi connectivity index (χ3v) is 4.16. The zero-order chi connectivity index (χ0) is 13.7. The molecule has 1 rings (SSSR count). The number of rotatable bonds is 7. The molecule has 4 heteroatoms. The van der Waals surface area contributed by atoms with Crippen molar-refractivity contribution in [2.45, 2.75) is 59.5 Å². The minimum Gasteiger partial charge on any atom is -0.316 e. The fraction of sp³-hybridized carbons (Fsp3) is 0.786. The molecule has 2 atom stereocenters. The van der Waals surface area contributed by atoms with Gasteiger partial charge in [-0.1, -0.05) is 31.9 Å². The molecule has 0 aliphatic carbocycles. The van der Waals surface area contributed by atoms with Gasteiger partial charge in [0.1, 0.15) is 0 Å². The molecular weight excluding hydrogens is 246 g/mol. The first-order valence-corrected chi connectivity index (χ1v) is 7.31. The van der Waals surface area contributed by atoms with Crippen LogP contribution in [0.3, 0.4) is 0 Å². The third kappa shape index (κ3) is 3.48. The predicted octanol–water partition coefficient (Wildman–Crippen LogP) is 3.43. The quantitative estimate of drug-likeness (QED) is 0.823. The first-order valence-electron chi connectivity index (χ1n) is 6.94. The van der Waals surface area contributed by atoms with Gasteiger partial charge in [-0.3, -0.25) is 4.68 Å². The monoisotopic (exact) mass is 271 g/mol. The first kappa shape index (κ1) is 15.5. The molecule has 1 aromatic rings. The molecule has 0 radical (unpaired) electrons. The van der Waals surface area contributed by atoms with E-state index in [0.29, 0.717) is 12.0 Å². The van der Waals surface area contributed by atoms with Crippen LogP contribution in [0.4, 0.5) is 0 Å². The van der Waals surface area contributed by atoms with Crippen molar-refractivity contribution < 1.29 is 0 Å². The lowest BCUT2D eigenvalue weighted by molar-refractivity contribution is 0.364. The smallest absolute Gasteiger partial charge is 0.0847 e. The van der Waals surface area contributed by atoms with Crippen molar-refractivity contribution in [2.75, 3.05) is 7.05 Å². The van der Waals surface area contributed by atoms with E-state index in [-0.39, 0.29) is 0 Å². The fourth-order valence-corrected chi connectivity index (χ4v) is 2.73. The van der Waals surface area contributed by atoms with Gasteiger partial charge in [0.05, 0.1) is 16.4 Å². The van der Waals surface area contributed by atoms with Crippen molar-refractivity contribution in [3.05, 3.63) is 16.4 Å². The molecule has 0 amide bonds. The van der Waals surface area contributed by atoms with E-state index in [4.69, 9.17) is 11.6 Å². The molecule has 0 bridgehead atoms. The number of aromatic nitrogens is 2. The number of hydrogen-bond donors (Lipinski definition) is 1. The summed E-state index contributed by atoms with van der Waals surface area (Å²) < 4.78 is 2.03. The summed E-state index contributed by atoms with van der Waals surface area (Å²) in [4.78, 5) is 0. The molecule has 0 aliphatic heterocycles. The first-order chi connectivity index (χ1) is 8.54. The topological polar surface area (TPSA) is 29.9 Å². The van der Waals surface area contributed by atoms with Crippen molar-refractivity contribution >= 4 is 11.6 Å². The van der Waals surface area contributed by atoms with Crippen LogP contribution in [-0.2, 0) is 13.0 Å². The maximum absolute atomic E-state index is 6.36. The van der Waals surface area contributed by atoms with Gasteiger partial charge < -0.3 is 5.32 Å². The van der Waals surface area contributed by atoms with Gasteiger partial charge >= 0.3 is 0 Å². The normalized spacial score (nSPS) is 14.8. The fourth-order valence-electron chi connectivity index (χ4n) is 2.52. The van der Waals surface area contributed by atoms with Crippen molar-refractivity contribution in [3.63, 3.8) is 0 Å². The molecule has 0 aromatic carbocycles. The van der Waals surface area contributed by atoms with Crippen LogP contribution in [-0.4, -0.2) is 22.9 Å². The number of hydrogen-bond acceptors (Lipinski definition) is 2. The Hall–Kier alpha value is -0.540. The number of likely N-dealkylation sites (N-methyl/N-ethyl adjacent to an activating group) is 1. The Balaban J connectivity index is 2.87. The minimum atomic E-state index is 0.462. The van der Waals surface area contributed by atoms with Gasteiger partial charge in [-0.2, -0.15) is 5.10 Å². The Morgan fingerprint density at radius 3 is 2.56 bits per heavy atom. The van der Waals surface area contributed by atoms with Crippen LogP contribution < -0.4 is 5.32 Å². The number of halogens is 1. The van der Waals surface area contributed by atoms with Gasteiger partial charge in [0.2, 0.25) is 0 Å². The van der Waals surface area contributed by atoms with Crippen LogP contribution in [0.2, 0.25) is 5.02 Å². The van der Waals surface area contributed by atoms with E-state index in [1.165, 1.54) is 18.5 Å². The number of nitrogens with zero attached hydrogens (tertiary/aromatic N) is 2. The van der Waals surface area contributed by atoms with Gasteiger partial charge in [-0.15, -0.1) is 0 Å². The summed E-state index contributed by atoms with van der Waals surface area (Å²) >= 11 is 6.36. The summed E-state index contributed by atoms with van der Waals surface area (Å²) in [6.45, 7) is 9.49. The molecule has 3 nitrogen and oxygen atoms in total. The van der Waals surface area contributed by atoms with E-state index < -0.39 is 0 Å². The highest BCUT2D eigenvalue weighted by Crippen LogP contribution is 2.24. The summed E-state index contributed by atoms with van der Waals surface area (Å²) in [5, 5.41) is 8.74. The molecule has 0 aliphatic rings. The van der Waals surface area contributed by atoms with Gasteiger partial charge in [0.15, 0.2) is 0 Å². The second kappa shape index (κ2) is 7.15. The van der Waals surface area contributed by atoms with Crippen LogP contribution in [0.25, 0.3) is 0 Å². The lowest BCUT2D eigenvalue weighted by Gasteiger charge is -2.23. The zero-order valence-corrected chi connectivity index (χ0v) is 13.0. The summed E-state index contributed by atoms with van der Waals surface area (Å²) in [6.07, 6.45) is 3.41. The average molecular weight is 272 g/mol. The molecule has 1 aromatic heterocycles. The second-order valence-corrected chi connectivity index (χ2v) is 5.41. The SMILES string of the molecule is CCCC(C)C(Cc1c(Cl)c(C)nn1CC)NC. The highest BCUT2D eigenvalue weighted by Gasteiger charge is 2.20. The summed E-state index contributed by atoms with van der Waals surface area (Å²) in [5.74, 6) is 0.650. The Labute approximate surface area is 116 Å². The maximum atomic E-state index is 6.36. The standard InChI is InChI=1S/C14H26ClN3/c1-6-8-10(3)12(16-5)9-13-14(15)11(4)17-18(13)7-2/h10,12,16H,6-9H2,1-5H3. The Morgan fingerprint density at radius 1 is 1.39 bits per heavy atom. The molecule has 0 spiro atoms. The summed E-state index contributed by atoms with van der Waals surface area (Å²) in [7, 11) is 2.03. The molecule has 1 N–H and O–H groups in total. The van der Waals surface area contributed by atoms with E-state index in [2.05, 4.69) is 31.2 Å². The highest BCUT2D eigenvalue weighted by molar-refractivity contribution is 6.31. The van der Waals surface area contributed by atoms with Crippen LogP contribution in [0.5, 0.6) is 0 Å². The third-order valence-electron chi connectivity index (χ3n) is 3.67. The van der Waals surface area contributed by atoms with Crippen LogP contribution in [0.15, 0.2) is 0 Å². The minimum absolute atomic E-state index is 0.462. The van der Waals surface area contributed by atoms with Crippen molar-refractivity contribution in [2.24, 2.45) is 5.92 Å². The molecule has 0 saturated heterocycles. The summed E-state index contributed by atoms with van der Waals surface area (Å²) in [5.41, 5.74) is 2.10. The Kier molecular flexibility index (Phi) is 6.16. The van der Waals surface area contributed by atoms with E-state index in [1.54, 1.807) is 0 Å². The molecule has 18 heavy (non-hydrogen) atoms. The van der Waals surface area contributed by atoms with E-state index in [9.17, 15) is 0 Å². The molecule has 0 fully saturated rings. The summed E-state index contributed by atoms with van der Waals surface area (Å²) in [6, 6.07) is 0.462. The van der Waals surface area contributed by atoms with Crippen LogP contribution in [0.1, 0.15) is 45.0 Å². The van der Waals surface area contributed by atoms with Crippen LogP contribution >= 0.6 is 11.6 Å². The molecule has 1 heterocycles. The van der Waals surface area contributed by atoms with Crippen LogP contribution in [0, 0.1) is 12.8 Å². The van der Waals surface area contributed by atoms with Crippen molar-refractivity contribution in [1.29, 1.82) is 0 Å². The Morgan fingerprint density at radius 2 is 2.06 bits per heavy atom. The average Bonchev–Trinajstić information content (AvgIpc) is 2.62. The van der Waals surface area contributed by atoms with Gasteiger partial charge in [0.25, 0.3) is 0 Å². The van der Waals surface area contributed by atoms with E-state index in [1.807, 2.05) is 18.7 Å². The lowest BCUT2D eigenvalue weighted by atomic mass is 9.93. The van der Waals surface area contributed by atoms with Gasteiger partial charge in [-0.05, 0) is 33.2 Å². The number of nitrogens with one attached hydrogen (secondary N) is 1. The van der Waals surface area contributed by atoms with E-state index >= 15 is 0 Å². The van der Waals surface area contributed by atoms with Crippen molar-refractivity contribution in [3.8, 4) is 0 Å². The lowest BCUT2D eigenvalue weighted by Crippen LogP contribution is -2.35. The Bertz CT molecular complexity index is 373. The predicted molar refractivity (Wildman–Crippen MR) is 78.3 cm³/mol. The zero-order valence-electron chi connectivity index (χ0n) is 12.3. The molecule has 2 unspecified atom stereocenters. The molecular formula is C14H26ClN3. The molecule has 0 saturated carbocycles. The molecule has 104 valence electrons. The van der Waals surface area contributed by atoms with Crippen molar-refractivity contribution in [1.82, 2.24) is 15.1 Å². The highest BCUT2D eigenvalue weighted by atomic mass is 35.5. The van der Waals surface area contributed by atoms with Gasteiger partial charge in [-0.25, -0.2) is 0 Å². The van der Waals surface area contributed by atoms with E-state index in [0.717, 1.165) is 23.7 Å². The maximum Gasteiger partial charge on any atom is 0.0847 e. The second-order valence-electron chi connectivity index (χ2n) is 5.03. The largest absolute Gasteiger partial charge is 0.316 e.